The Labute approximate surface area is 376 Å². The molecule has 0 saturated carbocycles. The summed E-state index contributed by atoms with van der Waals surface area (Å²) in [5, 5.41) is 27.4. The number of nitrogen functional groups attached to an aromatic ring is 1. The lowest BCUT2D eigenvalue weighted by Gasteiger charge is -2.30. The molecule has 1 aliphatic rings. The standard InChI is InChI=1S/C37H64N7O16P3S/c1-5-7-9-10-11-12-13-15-17-26(16-14-8-6-2)64-21-20-39-28(45)18-19-40-35(48)32(47)37(3,4)23-57-63(54,55)60-62(52,53)56-22-27-31(59-61(49,50)51)30(46)36(58-27)44-25-43-29-33(38)41-24-42-34(29)44/h5,7,9,24-27,30-32,36,46-47H,1,6,8,10-23H2,2-4H3,(H,39,45)(H,40,48)(H,52,53)(H,54,55)(H2,38,41,42)(H2,49,50,51)/t26?,27-,30-,31-,32+,36-/m1/s1. The van der Waals surface area contributed by atoms with Crippen LogP contribution >= 0.6 is 35.2 Å². The fourth-order valence-electron chi connectivity index (χ4n) is 6.47. The summed E-state index contributed by atoms with van der Waals surface area (Å²) in [4.78, 5) is 76.5. The molecule has 0 bridgehead atoms. The molecule has 0 spiro atoms. The number of allylic oxidation sites excluding steroid dienone is 3. The lowest BCUT2D eigenvalue weighted by Crippen LogP contribution is -2.46. The third-order valence-corrected chi connectivity index (χ3v) is 14.4. The van der Waals surface area contributed by atoms with Gasteiger partial charge in [-0.2, -0.15) is 16.1 Å². The zero-order valence-electron chi connectivity index (χ0n) is 36.3. The van der Waals surface area contributed by atoms with E-state index in [0.717, 1.165) is 55.1 Å². The van der Waals surface area contributed by atoms with Crippen LogP contribution in [-0.2, 0) is 45.9 Å². The predicted molar refractivity (Wildman–Crippen MR) is 237 cm³/mol. The Balaban J connectivity index is 1.42. The number of aromatic nitrogens is 4. The number of hydrogen-bond donors (Lipinski definition) is 9. The van der Waals surface area contributed by atoms with Gasteiger partial charge in [0.25, 0.3) is 0 Å². The maximum Gasteiger partial charge on any atom is 0.481 e. The molecule has 3 rings (SSSR count). The van der Waals surface area contributed by atoms with E-state index < -0.39 is 78.6 Å². The second kappa shape index (κ2) is 26.6. The normalized spacial score (nSPS) is 21.1. The lowest BCUT2D eigenvalue weighted by molar-refractivity contribution is -0.137. The van der Waals surface area contributed by atoms with Gasteiger partial charge in [-0.1, -0.05) is 84.1 Å². The van der Waals surface area contributed by atoms with Gasteiger partial charge in [0.1, 0.15) is 36.3 Å². The number of amides is 2. The van der Waals surface area contributed by atoms with Crippen LogP contribution in [0, 0.1) is 5.41 Å². The van der Waals surface area contributed by atoms with Gasteiger partial charge in [0.2, 0.25) is 11.8 Å². The van der Waals surface area contributed by atoms with Crippen LogP contribution in [0.2, 0.25) is 0 Å². The number of nitrogens with zero attached hydrogens (tertiary/aromatic N) is 4. The van der Waals surface area contributed by atoms with Crippen LogP contribution in [0.4, 0.5) is 5.82 Å². The summed E-state index contributed by atoms with van der Waals surface area (Å²) in [7, 11) is -16.4. The Kier molecular flexibility index (Phi) is 23.2. The molecule has 1 fully saturated rings. The molecule has 10 N–H and O–H groups in total. The number of ether oxygens (including phenoxy) is 1. The number of fused-ring (bicyclic) bond motifs is 1. The van der Waals surface area contributed by atoms with Gasteiger partial charge in [0.05, 0.1) is 19.5 Å². The van der Waals surface area contributed by atoms with Gasteiger partial charge >= 0.3 is 23.5 Å². The number of phosphoric acid groups is 3. The van der Waals surface area contributed by atoms with Crippen molar-refractivity contribution in [3.05, 3.63) is 37.5 Å². The second-order valence-electron chi connectivity index (χ2n) is 15.7. The Hall–Kier alpha value is -2.63. The monoisotopic (exact) mass is 987 g/mol. The third kappa shape index (κ3) is 19.3. The zero-order chi connectivity index (χ0) is 47.6. The summed E-state index contributed by atoms with van der Waals surface area (Å²) in [5.41, 5.74) is 4.33. The van der Waals surface area contributed by atoms with E-state index in [4.69, 9.17) is 19.5 Å². The van der Waals surface area contributed by atoms with Crippen molar-refractivity contribution in [1.29, 1.82) is 0 Å². The molecule has 8 atom stereocenters. The SMILES string of the molecule is C=CC=CCCCCCCC(CCCCC)SCCNC(=O)CCNC(=O)[C@H](O)C(C)(C)COP(=O)(O)OP(=O)(O)OC[C@H]1O[C@@H](n2cnc3c(N)ncnc32)[C@H](O)[C@@H]1OP(=O)(O)O. The first-order valence-electron chi connectivity index (χ1n) is 20.9. The van der Waals surface area contributed by atoms with Crippen molar-refractivity contribution in [2.75, 3.05) is 37.8 Å². The number of aliphatic hydroxyl groups is 2. The molecule has 0 aromatic carbocycles. The minimum Gasteiger partial charge on any atom is -0.386 e. The summed E-state index contributed by atoms with van der Waals surface area (Å²) in [6.07, 6.45) is 10.7. The molecule has 3 heterocycles. The number of nitrogens with two attached hydrogens (primary N) is 1. The van der Waals surface area contributed by atoms with Crippen molar-refractivity contribution >= 4 is 64.0 Å². The first-order chi connectivity index (χ1) is 30.1. The van der Waals surface area contributed by atoms with Gasteiger partial charge < -0.3 is 50.9 Å². The number of hydrogen-bond acceptors (Lipinski definition) is 17. The number of imidazole rings is 1. The smallest absolute Gasteiger partial charge is 0.386 e. The second-order valence-corrected chi connectivity index (χ2v) is 21.4. The fourth-order valence-corrected chi connectivity index (χ4v) is 10.5. The van der Waals surface area contributed by atoms with Gasteiger partial charge in [-0.05, 0) is 25.7 Å². The number of unbranched alkanes of at least 4 members (excludes halogenated alkanes) is 6. The van der Waals surface area contributed by atoms with Crippen molar-refractivity contribution in [3.63, 3.8) is 0 Å². The number of carbonyl (C=O) groups is 2. The van der Waals surface area contributed by atoms with Crippen molar-refractivity contribution in [2.24, 2.45) is 5.41 Å². The Morgan fingerprint density at radius 1 is 1.02 bits per heavy atom. The number of anilines is 1. The van der Waals surface area contributed by atoms with Crippen LogP contribution in [0.15, 0.2) is 37.5 Å². The minimum absolute atomic E-state index is 0.0338. The molecule has 364 valence electrons. The number of thioether (sulfide) groups is 1. The molecule has 27 heteroatoms. The van der Waals surface area contributed by atoms with Crippen LogP contribution in [0.3, 0.4) is 0 Å². The number of nitrogens with one attached hydrogen (secondary N) is 2. The predicted octanol–water partition coefficient (Wildman–Crippen LogP) is 4.17. The highest BCUT2D eigenvalue weighted by atomic mass is 32.2. The number of aliphatic hydroxyl groups excluding tert-OH is 2. The fraction of sp³-hybridized carbons (Fsp3) is 0.703. The molecule has 0 aliphatic carbocycles. The van der Waals surface area contributed by atoms with E-state index in [1.54, 1.807) is 6.08 Å². The van der Waals surface area contributed by atoms with Gasteiger partial charge in [-0.15, -0.1) is 0 Å². The molecule has 1 saturated heterocycles. The highest BCUT2D eigenvalue weighted by Crippen LogP contribution is 2.61. The first-order valence-corrected chi connectivity index (χ1v) is 26.4. The molecular formula is C37H64N7O16P3S. The van der Waals surface area contributed by atoms with E-state index in [1.807, 2.05) is 17.8 Å². The molecular weight excluding hydrogens is 923 g/mol. The first kappa shape index (κ1) is 55.7. The molecule has 2 aromatic rings. The summed E-state index contributed by atoms with van der Waals surface area (Å²) < 4.78 is 62.6. The largest absolute Gasteiger partial charge is 0.481 e. The van der Waals surface area contributed by atoms with Crippen LogP contribution in [0.25, 0.3) is 11.2 Å². The molecule has 2 amide bonds. The van der Waals surface area contributed by atoms with Gasteiger partial charge in [-0.3, -0.25) is 27.7 Å². The highest BCUT2D eigenvalue weighted by molar-refractivity contribution is 7.99. The van der Waals surface area contributed by atoms with Crippen LogP contribution in [0.1, 0.15) is 97.6 Å². The molecule has 3 unspecified atom stereocenters. The van der Waals surface area contributed by atoms with E-state index in [9.17, 15) is 53.1 Å². The lowest BCUT2D eigenvalue weighted by atomic mass is 9.87. The molecule has 1 aliphatic heterocycles. The van der Waals surface area contributed by atoms with Crippen molar-refractivity contribution < 1.29 is 75.7 Å². The van der Waals surface area contributed by atoms with E-state index in [2.05, 4.69) is 54.0 Å². The van der Waals surface area contributed by atoms with Gasteiger partial charge in [-0.25, -0.2) is 28.6 Å². The summed E-state index contributed by atoms with van der Waals surface area (Å²) in [6.45, 7) is 6.81. The summed E-state index contributed by atoms with van der Waals surface area (Å²) in [6, 6.07) is 0. The van der Waals surface area contributed by atoms with Crippen LogP contribution < -0.4 is 16.4 Å². The number of rotatable bonds is 32. The topological polar surface area (TPSA) is 347 Å². The zero-order valence-corrected chi connectivity index (χ0v) is 39.8. The van der Waals surface area contributed by atoms with E-state index in [-0.39, 0.29) is 35.9 Å². The molecule has 23 nitrogen and oxygen atoms in total. The van der Waals surface area contributed by atoms with Crippen molar-refractivity contribution in [1.82, 2.24) is 30.2 Å². The minimum atomic E-state index is -5.56. The van der Waals surface area contributed by atoms with Crippen molar-refractivity contribution in [3.8, 4) is 0 Å². The van der Waals surface area contributed by atoms with Gasteiger partial charge in [0, 0.05) is 35.9 Å². The number of carbonyl (C=O) groups excluding carboxylic acids is 2. The van der Waals surface area contributed by atoms with E-state index in [0.29, 0.717) is 11.8 Å². The Morgan fingerprint density at radius 2 is 1.70 bits per heavy atom. The van der Waals surface area contributed by atoms with Crippen molar-refractivity contribution in [2.45, 2.75) is 127 Å². The van der Waals surface area contributed by atoms with Crippen LogP contribution in [0.5, 0.6) is 0 Å². The van der Waals surface area contributed by atoms with Crippen LogP contribution in [-0.4, -0.2) is 123 Å². The van der Waals surface area contributed by atoms with Gasteiger partial charge in [0.15, 0.2) is 17.7 Å². The van der Waals surface area contributed by atoms with E-state index in [1.165, 1.54) is 46.0 Å². The molecule has 2 aromatic heterocycles. The highest BCUT2D eigenvalue weighted by Gasteiger charge is 2.50. The third-order valence-electron chi connectivity index (χ3n) is 9.90. The number of phosphoric ester groups is 3. The quantitative estimate of drug-likeness (QED) is 0.0282. The maximum atomic E-state index is 12.8. The Bertz CT molecular complexity index is 1970. The summed E-state index contributed by atoms with van der Waals surface area (Å²) >= 11 is 1.86. The molecule has 0 radical (unpaired) electrons. The average Bonchev–Trinajstić information content (AvgIpc) is 3.78. The average molecular weight is 988 g/mol. The summed E-state index contributed by atoms with van der Waals surface area (Å²) in [5.74, 6) is -0.508. The maximum absolute atomic E-state index is 12.8. The molecule has 64 heavy (non-hydrogen) atoms. The Morgan fingerprint density at radius 3 is 2.39 bits per heavy atom. The van der Waals surface area contributed by atoms with E-state index >= 15 is 0 Å².